The number of esters is 1. The van der Waals surface area contributed by atoms with Crippen molar-refractivity contribution in [2.24, 2.45) is 7.05 Å². The summed E-state index contributed by atoms with van der Waals surface area (Å²) >= 11 is 0. The molecule has 11 nitrogen and oxygen atoms in total. The van der Waals surface area contributed by atoms with E-state index in [1.165, 1.54) is 13.2 Å². The van der Waals surface area contributed by atoms with Gasteiger partial charge < -0.3 is 18.8 Å². The van der Waals surface area contributed by atoms with E-state index in [-0.39, 0.29) is 24.2 Å². The third kappa shape index (κ3) is 6.52. The average Bonchev–Trinajstić information content (AvgIpc) is 3.67. The number of nitrogens with zero attached hydrogens (tertiary/aromatic N) is 7. The van der Waals surface area contributed by atoms with Crippen molar-refractivity contribution in [1.29, 1.82) is 5.26 Å². The quantitative estimate of drug-likeness (QED) is 0.184. The molecule has 0 saturated carbocycles. The lowest BCUT2D eigenvalue weighted by Crippen LogP contribution is -2.35. The maximum Gasteiger partial charge on any atom is 0.338 e. The van der Waals surface area contributed by atoms with E-state index in [1.807, 2.05) is 49.6 Å². The van der Waals surface area contributed by atoms with Crippen LogP contribution in [0.3, 0.4) is 0 Å². The summed E-state index contributed by atoms with van der Waals surface area (Å²) in [6, 6.07) is 17.7. The smallest absolute Gasteiger partial charge is 0.338 e. The predicted octanol–water partition coefficient (Wildman–Crippen LogP) is 5.38. The molecule has 0 N–H and O–H groups in total. The first kappa shape index (κ1) is 31.5. The number of benzene rings is 2. The van der Waals surface area contributed by atoms with E-state index in [0.29, 0.717) is 41.4 Å². The molecule has 48 heavy (non-hydrogen) atoms. The Labute approximate surface area is 277 Å². The Balaban J connectivity index is 1.07. The van der Waals surface area contributed by atoms with Crippen LogP contribution < -0.4 is 4.74 Å². The highest BCUT2D eigenvalue weighted by Crippen LogP contribution is 2.32. The number of hydrogen-bond donors (Lipinski definition) is 0. The summed E-state index contributed by atoms with van der Waals surface area (Å²) in [5, 5.41) is 13.5. The lowest BCUT2D eigenvalue weighted by molar-refractivity contribution is -0.0592. The minimum absolute atomic E-state index is 0.0316. The van der Waals surface area contributed by atoms with Gasteiger partial charge in [0.1, 0.15) is 18.2 Å². The number of hydrogen-bond acceptors (Lipinski definition) is 9. The molecule has 2 aliphatic rings. The highest BCUT2D eigenvalue weighted by molar-refractivity contribution is 6.01. The molecule has 2 aromatic carbocycles. The zero-order valence-corrected chi connectivity index (χ0v) is 26.9. The standard InChI is InChI=1S/C36H36FN7O4/c1-42-12-10-31(41-42)27-17-32-33(18-28(27)36(45)46-2)44(20-26-11-15-47-26)34(39-32)21-43-13-8-24(9-14-43)30-4-3-5-35(40-30)48-22-25-7-6-23(19-38)16-29(25)37/h3-7,10,12,16-18,24,26H,8-9,11,13-15,20-22H2,1-2H3/t26-/m0/s1. The molecule has 1 atom stereocenters. The van der Waals surface area contributed by atoms with Crippen LogP contribution in [-0.4, -0.2) is 68.1 Å². The van der Waals surface area contributed by atoms with E-state index in [2.05, 4.69) is 14.6 Å². The van der Waals surface area contributed by atoms with Crippen molar-refractivity contribution in [1.82, 2.24) is 29.2 Å². The molecule has 12 heteroatoms. The van der Waals surface area contributed by atoms with Gasteiger partial charge in [0.05, 0.1) is 60.2 Å². The molecule has 0 spiro atoms. The van der Waals surface area contributed by atoms with Crippen molar-refractivity contribution in [3.05, 3.63) is 94.8 Å². The van der Waals surface area contributed by atoms with Crippen LogP contribution in [0.1, 0.15) is 58.2 Å². The van der Waals surface area contributed by atoms with Crippen LogP contribution in [-0.2, 0) is 36.2 Å². The average molecular weight is 650 g/mol. The number of nitriles is 1. The van der Waals surface area contributed by atoms with E-state index in [0.717, 1.165) is 61.5 Å². The van der Waals surface area contributed by atoms with Crippen LogP contribution in [0.2, 0.25) is 0 Å². The van der Waals surface area contributed by atoms with E-state index in [9.17, 15) is 9.18 Å². The Morgan fingerprint density at radius 1 is 1.10 bits per heavy atom. The summed E-state index contributed by atoms with van der Waals surface area (Å²) < 4.78 is 35.0. The van der Waals surface area contributed by atoms with Crippen LogP contribution in [0.15, 0.2) is 60.8 Å². The number of fused-ring (bicyclic) bond motifs is 1. The Morgan fingerprint density at radius 3 is 2.62 bits per heavy atom. The number of halogens is 1. The summed E-state index contributed by atoms with van der Waals surface area (Å²) in [6.45, 7) is 3.84. The van der Waals surface area contributed by atoms with Gasteiger partial charge in [-0.2, -0.15) is 10.4 Å². The van der Waals surface area contributed by atoms with Crippen molar-refractivity contribution in [3.63, 3.8) is 0 Å². The SMILES string of the molecule is COC(=O)c1cc2c(cc1-c1ccn(C)n1)nc(CN1CCC(c3cccc(OCc4ccc(C#N)cc4F)n3)CC1)n2C[C@@H]1CCO1. The van der Waals surface area contributed by atoms with Crippen LogP contribution in [0, 0.1) is 17.1 Å². The molecular weight excluding hydrogens is 613 g/mol. The summed E-state index contributed by atoms with van der Waals surface area (Å²) in [5.74, 6) is 0.753. The zero-order valence-electron chi connectivity index (χ0n) is 26.9. The number of likely N-dealkylation sites (tertiary alicyclic amines) is 1. The first-order valence-electron chi connectivity index (χ1n) is 16.1. The number of aromatic nitrogens is 5. The molecule has 3 aromatic heterocycles. The number of pyridine rings is 1. The Kier molecular flexibility index (Phi) is 8.88. The molecule has 246 valence electrons. The third-order valence-electron chi connectivity index (χ3n) is 9.21. The Bertz CT molecular complexity index is 2000. The van der Waals surface area contributed by atoms with Crippen LogP contribution in [0.25, 0.3) is 22.3 Å². The molecule has 2 saturated heterocycles. The van der Waals surface area contributed by atoms with Gasteiger partial charge in [0, 0.05) is 48.7 Å². The highest BCUT2D eigenvalue weighted by atomic mass is 19.1. The highest BCUT2D eigenvalue weighted by Gasteiger charge is 2.27. The van der Waals surface area contributed by atoms with E-state index < -0.39 is 11.8 Å². The van der Waals surface area contributed by atoms with Gasteiger partial charge in [-0.25, -0.2) is 19.2 Å². The van der Waals surface area contributed by atoms with Crippen LogP contribution in [0.4, 0.5) is 4.39 Å². The number of imidazole rings is 1. The molecule has 0 unspecified atom stereocenters. The van der Waals surface area contributed by atoms with Crippen molar-refractivity contribution in [2.75, 3.05) is 26.8 Å². The van der Waals surface area contributed by atoms with Gasteiger partial charge in [-0.15, -0.1) is 0 Å². The molecule has 0 aliphatic carbocycles. The monoisotopic (exact) mass is 649 g/mol. The fourth-order valence-corrected chi connectivity index (χ4v) is 6.44. The number of aryl methyl sites for hydroxylation is 1. The fourth-order valence-electron chi connectivity index (χ4n) is 6.44. The minimum Gasteiger partial charge on any atom is -0.473 e. The fraction of sp³-hybridized carbons (Fsp3) is 0.361. The number of ether oxygens (including phenoxy) is 3. The second kappa shape index (κ2) is 13.5. The largest absolute Gasteiger partial charge is 0.473 e. The molecule has 0 bridgehead atoms. The van der Waals surface area contributed by atoms with Gasteiger partial charge in [-0.05, 0) is 68.8 Å². The number of carbonyl (C=O) groups is 1. The Hall–Kier alpha value is -5.12. The van der Waals surface area contributed by atoms with Crippen LogP contribution >= 0.6 is 0 Å². The maximum atomic E-state index is 14.3. The van der Waals surface area contributed by atoms with Crippen molar-refractivity contribution in [2.45, 2.75) is 51.0 Å². The second-order valence-corrected chi connectivity index (χ2v) is 12.3. The predicted molar refractivity (Wildman–Crippen MR) is 175 cm³/mol. The molecular formula is C36H36FN7O4. The Morgan fingerprint density at radius 2 is 1.94 bits per heavy atom. The van der Waals surface area contributed by atoms with E-state index in [1.54, 1.807) is 22.9 Å². The molecule has 5 heterocycles. The van der Waals surface area contributed by atoms with Crippen molar-refractivity contribution >= 4 is 17.0 Å². The minimum atomic E-state index is -0.469. The van der Waals surface area contributed by atoms with Gasteiger partial charge in [-0.1, -0.05) is 12.1 Å². The topological polar surface area (TPSA) is 120 Å². The summed E-state index contributed by atoms with van der Waals surface area (Å²) in [4.78, 5) is 25.2. The van der Waals surface area contributed by atoms with Gasteiger partial charge in [0.25, 0.3) is 0 Å². The van der Waals surface area contributed by atoms with Gasteiger partial charge in [0.2, 0.25) is 5.88 Å². The lowest BCUT2D eigenvalue weighted by atomic mass is 9.93. The first-order chi connectivity index (χ1) is 23.4. The number of carbonyl (C=O) groups excluding carboxylic acids is 1. The number of rotatable bonds is 10. The van der Waals surface area contributed by atoms with Gasteiger partial charge >= 0.3 is 5.97 Å². The normalized spacial score (nSPS) is 16.8. The van der Waals surface area contributed by atoms with Gasteiger partial charge in [0.15, 0.2) is 0 Å². The summed E-state index contributed by atoms with van der Waals surface area (Å²) in [5.41, 5.74) is 5.10. The van der Waals surface area contributed by atoms with E-state index in [4.69, 9.17) is 29.4 Å². The summed E-state index contributed by atoms with van der Waals surface area (Å²) in [7, 11) is 3.23. The lowest BCUT2D eigenvalue weighted by Gasteiger charge is -2.32. The zero-order chi connectivity index (χ0) is 33.2. The third-order valence-corrected chi connectivity index (χ3v) is 9.21. The van der Waals surface area contributed by atoms with Crippen molar-refractivity contribution < 1.29 is 23.4 Å². The first-order valence-corrected chi connectivity index (χ1v) is 16.1. The van der Waals surface area contributed by atoms with E-state index >= 15 is 0 Å². The second-order valence-electron chi connectivity index (χ2n) is 12.3. The van der Waals surface area contributed by atoms with Gasteiger partial charge in [-0.3, -0.25) is 9.58 Å². The number of piperidine rings is 1. The molecule has 2 fully saturated rings. The number of methoxy groups -OCH3 is 1. The summed E-state index contributed by atoms with van der Waals surface area (Å²) in [6.07, 6.45) is 4.78. The molecule has 2 aliphatic heterocycles. The maximum absolute atomic E-state index is 14.3. The van der Waals surface area contributed by atoms with Crippen molar-refractivity contribution in [3.8, 4) is 23.2 Å². The molecule has 5 aromatic rings. The molecule has 0 amide bonds. The molecule has 0 radical (unpaired) electrons. The molecule has 7 rings (SSSR count). The van der Waals surface area contributed by atoms with Crippen LogP contribution in [0.5, 0.6) is 5.88 Å².